The van der Waals surface area contributed by atoms with E-state index in [1.165, 1.54) is 19.3 Å². The maximum atomic E-state index is 10.9. The van der Waals surface area contributed by atoms with Crippen molar-refractivity contribution in [1.82, 2.24) is 0 Å². The van der Waals surface area contributed by atoms with Crippen LogP contribution < -0.4 is 5.11 Å². The van der Waals surface area contributed by atoms with Gasteiger partial charge < -0.3 is 14.6 Å². The SMILES string of the molecule is CCCCCCCCC(=O)OCC(=O)[O-]. The molecular weight excluding hydrogens is 196 g/mol. The van der Waals surface area contributed by atoms with Crippen molar-refractivity contribution in [2.24, 2.45) is 0 Å². The van der Waals surface area contributed by atoms with Crippen LogP contribution >= 0.6 is 0 Å². The number of carbonyl (C=O) groups excluding carboxylic acids is 2. The summed E-state index contributed by atoms with van der Waals surface area (Å²) in [7, 11) is 0. The maximum absolute atomic E-state index is 10.9. The van der Waals surface area contributed by atoms with Crippen molar-refractivity contribution < 1.29 is 19.4 Å². The van der Waals surface area contributed by atoms with Gasteiger partial charge >= 0.3 is 5.97 Å². The molecule has 0 bridgehead atoms. The fourth-order valence-corrected chi connectivity index (χ4v) is 1.26. The van der Waals surface area contributed by atoms with Crippen molar-refractivity contribution in [3.05, 3.63) is 0 Å². The molecule has 0 rings (SSSR count). The summed E-state index contributed by atoms with van der Waals surface area (Å²) in [5, 5.41) is 9.96. The van der Waals surface area contributed by atoms with Gasteiger partial charge in [0, 0.05) is 6.42 Å². The van der Waals surface area contributed by atoms with Crippen LogP contribution in [-0.2, 0) is 14.3 Å². The monoisotopic (exact) mass is 215 g/mol. The third-order valence-electron chi connectivity index (χ3n) is 2.09. The van der Waals surface area contributed by atoms with Crippen LogP contribution in [0.25, 0.3) is 0 Å². The van der Waals surface area contributed by atoms with E-state index in [9.17, 15) is 14.7 Å². The molecule has 4 nitrogen and oxygen atoms in total. The second kappa shape index (κ2) is 9.49. The molecular formula is C11H19O4-. The van der Waals surface area contributed by atoms with E-state index in [0.29, 0.717) is 6.42 Å². The van der Waals surface area contributed by atoms with Crippen LogP contribution in [0.1, 0.15) is 51.9 Å². The predicted molar refractivity (Wildman–Crippen MR) is 54.0 cm³/mol. The molecule has 0 radical (unpaired) electrons. The van der Waals surface area contributed by atoms with Crippen LogP contribution in [0.3, 0.4) is 0 Å². The lowest BCUT2D eigenvalue weighted by molar-refractivity contribution is -0.308. The molecule has 88 valence electrons. The van der Waals surface area contributed by atoms with E-state index in [-0.39, 0.29) is 0 Å². The van der Waals surface area contributed by atoms with Gasteiger partial charge in [0.1, 0.15) is 6.61 Å². The zero-order chi connectivity index (χ0) is 11.5. The summed E-state index contributed by atoms with van der Waals surface area (Å²) in [4.78, 5) is 20.9. The number of rotatable bonds is 9. The molecule has 0 aliphatic carbocycles. The Kier molecular flexibility index (Phi) is 8.82. The molecule has 0 unspecified atom stereocenters. The molecule has 0 aromatic rings. The van der Waals surface area contributed by atoms with Crippen LogP contribution in [0.15, 0.2) is 0 Å². The lowest BCUT2D eigenvalue weighted by Crippen LogP contribution is -2.28. The van der Waals surface area contributed by atoms with Crippen LogP contribution in [0.2, 0.25) is 0 Å². The fraction of sp³-hybridized carbons (Fsp3) is 0.818. The van der Waals surface area contributed by atoms with Gasteiger partial charge in [-0.2, -0.15) is 0 Å². The van der Waals surface area contributed by atoms with Gasteiger partial charge in [-0.05, 0) is 6.42 Å². The standard InChI is InChI=1S/C11H20O4/c1-2-3-4-5-6-7-8-11(14)15-9-10(12)13/h2-9H2,1H3,(H,12,13)/p-1. The Balaban J connectivity index is 3.20. The van der Waals surface area contributed by atoms with Crippen molar-refractivity contribution in [2.75, 3.05) is 6.61 Å². The molecule has 0 amide bonds. The summed E-state index contributed by atoms with van der Waals surface area (Å²) < 4.78 is 4.43. The number of carboxylic acids is 1. The van der Waals surface area contributed by atoms with Gasteiger partial charge in [0.25, 0.3) is 0 Å². The molecule has 0 aromatic heterocycles. The number of unbranched alkanes of at least 4 members (excludes halogenated alkanes) is 5. The van der Waals surface area contributed by atoms with Gasteiger partial charge in [-0.25, -0.2) is 0 Å². The van der Waals surface area contributed by atoms with Crippen molar-refractivity contribution in [3.8, 4) is 0 Å². The van der Waals surface area contributed by atoms with Crippen molar-refractivity contribution >= 4 is 11.9 Å². The van der Waals surface area contributed by atoms with Crippen molar-refractivity contribution in [1.29, 1.82) is 0 Å². The molecule has 0 aromatic carbocycles. The minimum Gasteiger partial charge on any atom is -0.546 e. The number of esters is 1. The highest BCUT2D eigenvalue weighted by Gasteiger charge is 2.01. The summed E-state index contributed by atoms with van der Waals surface area (Å²) in [5.74, 6) is -1.80. The molecule has 0 saturated heterocycles. The first kappa shape index (κ1) is 13.9. The third-order valence-corrected chi connectivity index (χ3v) is 2.09. The zero-order valence-corrected chi connectivity index (χ0v) is 9.29. The molecule has 0 fully saturated rings. The van der Waals surface area contributed by atoms with Gasteiger partial charge in [-0.1, -0.05) is 39.0 Å². The molecule has 0 atom stereocenters. The normalized spacial score (nSPS) is 9.93. The van der Waals surface area contributed by atoms with Gasteiger partial charge in [-0.15, -0.1) is 0 Å². The Morgan fingerprint density at radius 2 is 1.67 bits per heavy atom. The molecule has 15 heavy (non-hydrogen) atoms. The molecule has 0 aliphatic heterocycles. The van der Waals surface area contributed by atoms with Gasteiger partial charge in [-0.3, -0.25) is 4.79 Å². The van der Waals surface area contributed by atoms with Crippen LogP contribution in [0, 0.1) is 0 Å². The second-order valence-electron chi connectivity index (χ2n) is 3.55. The number of carboxylic acid groups (broad SMARTS) is 1. The average molecular weight is 215 g/mol. The smallest absolute Gasteiger partial charge is 0.306 e. The van der Waals surface area contributed by atoms with E-state index in [1.54, 1.807) is 0 Å². The number of ether oxygens (including phenoxy) is 1. The molecule has 4 heteroatoms. The Hall–Kier alpha value is -1.06. The largest absolute Gasteiger partial charge is 0.546 e. The molecule has 0 aliphatic rings. The fourth-order valence-electron chi connectivity index (χ4n) is 1.26. The van der Waals surface area contributed by atoms with E-state index in [0.717, 1.165) is 19.3 Å². The number of hydrogen-bond acceptors (Lipinski definition) is 4. The summed E-state index contributed by atoms with van der Waals surface area (Å²) in [6.45, 7) is 1.52. The lowest BCUT2D eigenvalue weighted by Gasteiger charge is -2.04. The summed E-state index contributed by atoms with van der Waals surface area (Å²) in [6.07, 6.45) is 6.84. The minimum atomic E-state index is -1.36. The molecule has 0 N–H and O–H groups in total. The Labute approximate surface area is 90.6 Å². The van der Waals surface area contributed by atoms with Gasteiger partial charge in [0.15, 0.2) is 0 Å². The second-order valence-corrected chi connectivity index (χ2v) is 3.55. The zero-order valence-electron chi connectivity index (χ0n) is 9.29. The van der Waals surface area contributed by atoms with Crippen LogP contribution in [-0.4, -0.2) is 18.5 Å². The topological polar surface area (TPSA) is 66.4 Å². The number of aliphatic carboxylic acids is 1. The number of hydrogen-bond donors (Lipinski definition) is 0. The van der Waals surface area contributed by atoms with E-state index in [1.807, 2.05) is 0 Å². The first-order valence-corrected chi connectivity index (χ1v) is 5.52. The highest BCUT2D eigenvalue weighted by molar-refractivity contribution is 5.74. The van der Waals surface area contributed by atoms with Gasteiger partial charge in [0.05, 0.1) is 5.97 Å². The van der Waals surface area contributed by atoms with Crippen molar-refractivity contribution in [2.45, 2.75) is 51.9 Å². The third kappa shape index (κ3) is 10.9. The van der Waals surface area contributed by atoms with Crippen molar-refractivity contribution in [3.63, 3.8) is 0 Å². The molecule has 0 heterocycles. The summed E-state index contributed by atoms with van der Waals surface area (Å²) in [5.41, 5.74) is 0. The van der Waals surface area contributed by atoms with E-state index >= 15 is 0 Å². The summed E-state index contributed by atoms with van der Waals surface area (Å²) in [6, 6.07) is 0. The van der Waals surface area contributed by atoms with E-state index < -0.39 is 18.5 Å². The van der Waals surface area contributed by atoms with E-state index in [2.05, 4.69) is 11.7 Å². The maximum Gasteiger partial charge on any atom is 0.306 e. The summed E-state index contributed by atoms with van der Waals surface area (Å²) >= 11 is 0. The average Bonchev–Trinajstić information content (AvgIpc) is 2.20. The Morgan fingerprint density at radius 3 is 2.27 bits per heavy atom. The van der Waals surface area contributed by atoms with Crippen LogP contribution in [0.4, 0.5) is 0 Å². The Bertz CT molecular complexity index is 189. The van der Waals surface area contributed by atoms with Gasteiger partial charge in [0.2, 0.25) is 0 Å². The highest BCUT2D eigenvalue weighted by Crippen LogP contribution is 2.07. The predicted octanol–water partition coefficient (Wildman–Crippen LogP) is 1.03. The first-order valence-electron chi connectivity index (χ1n) is 5.52. The molecule has 0 spiro atoms. The van der Waals surface area contributed by atoms with Crippen LogP contribution in [0.5, 0.6) is 0 Å². The minimum absolute atomic E-state index is 0.305. The quantitative estimate of drug-likeness (QED) is 0.425. The van der Waals surface area contributed by atoms with E-state index in [4.69, 9.17) is 0 Å². The Morgan fingerprint density at radius 1 is 1.07 bits per heavy atom. The lowest BCUT2D eigenvalue weighted by atomic mass is 10.1. The highest BCUT2D eigenvalue weighted by atomic mass is 16.5. The first-order chi connectivity index (χ1) is 7.16. The number of carbonyl (C=O) groups is 2. The molecule has 0 saturated carbocycles.